The standard InChI is InChI=1S/C18H17N7O5/c26-18(27)12-5-7-23(8-6-12)16-15(25(28)29)17(21-10-20-16)30-14-3-1-13(2-4-14)24-11-19-9-22-24/h1-4,9-12H,5-8H2,(H,26,27). The van der Waals surface area contributed by atoms with Crippen LogP contribution in [-0.2, 0) is 4.79 Å². The number of aliphatic carboxylic acids is 1. The van der Waals surface area contributed by atoms with Crippen molar-refractivity contribution < 1.29 is 19.6 Å². The molecular formula is C18H17N7O5. The Morgan fingerprint density at radius 1 is 1.17 bits per heavy atom. The summed E-state index contributed by atoms with van der Waals surface area (Å²) in [7, 11) is 0. The molecular weight excluding hydrogens is 394 g/mol. The molecule has 0 atom stereocenters. The number of rotatable bonds is 6. The summed E-state index contributed by atoms with van der Waals surface area (Å²) < 4.78 is 7.24. The fourth-order valence-electron chi connectivity index (χ4n) is 3.28. The smallest absolute Gasteiger partial charge is 0.373 e. The molecule has 4 rings (SSSR count). The summed E-state index contributed by atoms with van der Waals surface area (Å²) in [5, 5.41) is 24.9. The highest BCUT2D eigenvalue weighted by molar-refractivity contribution is 5.71. The highest BCUT2D eigenvalue weighted by Gasteiger charge is 2.32. The van der Waals surface area contributed by atoms with Gasteiger partial charge in [-0.3, -0.25) is 14.9 Å². The fourth-order valence-corrected chi connectivity index (χ4v) is 3.28. The van der Waals surface area contributed by atoms with Crippen molar-refractivity contribution in [3.8, 4) is 17.3 Å². The first-order chi connectivity index (χ1) is 14.5. The van der Waals surface area contributed by atoms with Gasteiger partial charge < -0.3 is 14.7 Å². The molecule has 2 aromatic heterocycles. The molecule has 0 saturated carbocycles. The molecule has 0 radical (unpaired) electrons. The average molecular weight is 411 g/mol. The predicted molar refractivity (Wildman–Crippen MR) is 103 cm³/mol. The van der Waals surface area contributed by atoms with E-state index in [4.69, 9.17) is 9.84 Å². The van der Waals surface area contributed by atoms with Gasteiger partial charge in [0.05, 0.1) is 16.5 Å². The molecule has 30 heavy (non-hydrogen) atoms. The summed E-state index contributed by atoms with van der Waals surface area (Å²) in [6.45, 7) is 0.696. The lowest BCUT2D eigenvalue weighted by Gasteiger charge is -2.30. The number of nitro groups is 1. The van der Waals surface area contributed by atoms with Gasteiger partial charge in [-0.2, -0.15) is 10.1 Å². The van der Waals surface area contributed by atoms with Crippen LogP contribution in [0.25, 0.3) is 5.69 Å². The van der Waals surface area contributed by atoms with Crippen LogP contribution in [0.5, 0.6) is 11.6 Å². The summed E-state index contributed by atoms with van der Waals surface area (Å²) in [4.78, 5) is 35.9. The molecule has 3 heterocycles. The van der Waals surface area contributed by atoms with Crippen LogP contribution in [0.3, 0.4) is 0 Å². The van der Waals surface area contributed by atoms with Gasteiger partial charge in [-0.05, 0) is 37.1 Å². The minimum atomic E-state index is -0.856. The van der Waals surface area contributed by atoms with Crippen molar-refractivity contribution in [1.82, 2.24) is 24.7 Å². The first-order valence-electron chi connectivity index (χ1n) is 9.13. The molecule has 0 unspecified atom stereocenters. The number of nitrogens with zero attached hydrogens (tertiary/aromatic N) is 7. The Hall–Kier alpha value is -4.09. The molecule has 0 spiro atoms. The van der Waals surface area contributed by atoms with E-state index in [0.717, 1.165) is 5.69 Å². The molecule has 1 aromatic carbocycles. The van der Waals surface area contributed by atoms with Crippen LogP contribution in [0.2, 0.25) is 0 Å². The highest BCUT2D eigenvalue weighted by atomic mass is 16.6. The fraction of sp³-hybridized carbons (Fsp3) is 0.278. The van der Waals surface area contributed by atoms with Crippen molar-refractivity contribution in [3.05, 3.63) is 53.4 Å². The first kappa shape index (κ1) is 19.2. The van der Waals surface area contributed by atoms with E-state index in [0.29, 0.717) is 31.7 Å². The molecule has 1 N–H and O–H groups in total. The zero-order chi connectivity index (χ0) is 21.1. The van der Waals surface area contributed by atoms with E-state index in [2.05, 4.69) is 20.1 Å². The summed E-state index contributed by atoms with van der Waals surface area (Å²) in [5.74, 6) is -1.02. The van der Waals surface area contributed by atoms with E-state index in [-0.39, 0.29) is 17.4 Å². The second-order valence-corrected chi connectivity index (χ2v) is 6.64. The van der Waals surface area contributed by atoms with E-state index in [1.54, 1.807) is 40.2 Å². The number of aromatic nitrogens is 5. The number of anilines is 1. The number of carboxylic acid groups (broad SMARTS) is 1. The van der Waals surface area contributed by atoms with Crippen molar-refractivity contribution in [2.45, 2.75) is 12.8 Å². The van der Waals surface area contributed by atoms with Crippen LogP contribution in [-0.4, -0.2) is 53.8 Å². The van der Waals surface area contributed by atoms with Gasteiger partial charge in [0.15, 0.2) is 0 Å². The minimum Gasteiger partial charge on any atom is -0.481 e. The number of hydrogen-bond donors (Lipinski definition) is 1. The number of hydrogen-bond acceptors (Lipinski definition) is 9. The number of piperidine rings is 1. The second kappa shape index (κ2) is 8.11. The van der Waals surface area contributed by atoms with Crippen LogP contribution < -0.4 is 9.64 Å². The van der Waals surface area contributed by atoms with Crippen LogP contribution in [0.4, 0.5) is 11.5 Å². The van der Waals surface area contributed by atoms with Gasteiger partial charge in [0.1, 0.15) is 24.7 Å². The maximum absolute atomic E-state index is 11.8. The summed E-state index contributed by atoms with van der Waals surface area (Å²) >= 11 is 0. The minimum absolute atomic E-state index is 0.119. The Bertz CT molecular complexity index is 1050. The highest BCUT2D eigenvalue weighted by Crippen LogP contribution is 2.37. The summed E-state index contributed by atoms with van der Waals surface area (Å²) in [6, 6.07) is 6.74. The zero-order valence-electron chi connectivity index (χ0n) is 15.7. The lowest BCUT2D eigenvalue weighted by atomic mass is 9.97. The lowest BCUT2D eigenvalue weighted by molar-refractivity contribution is -0.385. The Morgan fingerprint density at radius 3 is 2.50 bits per heavy atom. The van der Waals surface area contributed by atoms with Crippen molar-refractivity contribution in [3.63, 3.8) is 0 Å². The molecule has 12 heteroatoms. The predicted octanol–water partition coefficient (Wildman–Crippen LogP) is 2.06. The molecule has 1 aliphatic heterocycles. The maximum atomic E-state index is 11.8. The van der Waals surface area contributed by atoms with E-state index in [1.165, 1.54) is 12.7 Å². The van der Waals surface area contributed by atoms with Crippen molar-refractivity contribution in [1.29, 1.82) is 0 Å². The number of benzene rings is 1. The Balaban J connectivity index is 1.57. The number of carbonyl (C=O) groups is 1. The molecule has 1 saturated heterocycles. The van der Waals surface area contributed by atoms with Gasteiger partial charge in [0.25, 0.3) is 0 Å². The quantitative estimate of drug-likeness (QED) is 0.471. The second-order valence-electron chi connectivity index (χ2n) is 6.64. The third-order valence-electron chi connectivity index (χ3n) is 4.83. The first-order valence-corrected chi connectivity index (χ1v) is 9.13. The molecule has 1 fully saturated rings. The van der Waals surface area contributed by atoms with E-state index < -0.39 is 16.8 Å². The van der Waals surface area contributed by atoms with Gasteiger partial charge in [-0.25, -0.2) is 14.6 Å². The third-order valence-corrected chi connectivity index (χ3v) is 4.83. The monoisotopic (exact) mass is 411 g/mol. The van der Waals surface area contributed by atoms with Gasteiger partial charge >= 0.3 is 17.5 Å². The molecule has 154 valence electrons. The molecule has 0 amide bonds. The zero-order valence-corrected chi connectivity index (χ0v) is 15.7. The van der Waals surface area contributed by atoms with Crippen LogP contribution >= 0.6 is 0 Å². The largest absolute Gasteiger partial charge is 0.481 e. The Morgan fingerprint density at radius 2 is 1.90 bits per heavy atom. The lowest BCUT2D eigenvalue weighted by Crippen LogP contribution is -2.37. The molecule has 1 aliphatic rings. The van der Waals surface area contributed by atoms with Crippen molar-refractivity contribution in [2.24, 2.45) is 5.92 Å². The SMILES string of the molecule is O=C(O)C1CCN(c2ncnc(Oc3ccc(-n4cncn4)cc3)c2[N+](=O)[O-])CC1. The Kier molecular flexibility index (Phi) is 5.20. The van der Waals surface area contributed by atoms with Crippen LogP contribution in [0.15, 0.2) is 43.2 Å². The summed E-state index contributed by atoms with van der Waals surface area (Å²) in [6.07, 6.45) is 4.93. The van der Waals surface area contributed by atoms with Crippen LogP contribution in [0, 0.1) is 16.0 Å². The van der Waals surface area contributed by atoms with Gasteiger partial charge in [0, 0.05) is 13.1 Å². The maximum Gasteiger partial charge on any atom is 0.373 e. The topological polar surface area (TPSA) is 149 Å². The van der Waals surface area contributed by atoms with E-state index in [1.807, 2.05) is 0 Å². The van der Waals surface area contributed by atoms with Crippen LogP contribution in [0.1, 0.15) is 12.8 Å². The van der Waals surface area contributed by atoms with E-state index >= 15 is 0 Å². The average Bonchev–Trinajstić information content (AvgIpc) is 3.29. The molecule has 3 aromatic rings. The number of carboxylic acids is 1. The molecule has 0 bridgehead atoms. The van der Waals surface area contributed by atoms with E-state index in [9.17, 15) is 14.9 Å². The normalized spacial score (nSPS) is 14.5. The number of ether oxygens (including phenoxy) is 1. The Labute approximate surface area is 169 Å². The third kappa shape index (κ3) is 3.87. The molecule has 12 nitrogen and oxygen atoms in total. The summed E-state index contributed by atoms with van der Waals surface area (Å²) in [5.41, 5.74) is 0.394. The molecule has 0 aliphatic carbocycles. The van der Waals surface area contributed by atoms with Crippen molar-refractivity contribution >= 4 is 17.5 Å². The van der Waals surface area contributed by atoms with Gasteiger partial charge in [-0.15, -0.1) is 0 Å². The van der Waals surface area contributed by atoms with Crippen molar-refractivity contribution in [2.75, 3.05) is 18.0 Å². The van der Waals surface area contributed by atoms with Gasteiger partial charge in [0.2, 0.25) is 5.82 Å². The van der Waals surface area contributed by atoms with Gasteiger partial charge in [-0.1, -0.05) is 0 Å².